The summed E-state index contributed by atoms with van der Waals surface area (Å²) in [5, 5.41) is 2.59. The third-order valence-electron chi connectivity index (χ3n) is 4.50. The summed E-state index contributed by atoms with van der Waals surface area (Å²) in [6.07, 6.45) is 0.0592. The van der Waals surface area contributed by atoms with E-state index in [0.29, 0.717) is 0 Å². The third kappa shape index (κ3) is 5.98. The van der Waals surface area contributed by atoms with Crippen LogP contribution in [0.15, 0.2) is 71.6 Å². The van der Waals surface area contributed by atoms with Crippen LogP contribution in [0.4, 0.5) is 10.1 Å². The van der Waals surface area contributed by atoms with Crippen molar-refractivity contribution in [2.75, 3.05) is 12.4 Å². The van der Waals surface area contributed by atoms with E-state index in [-0.39, 0.29) is 32.8 Å². The topological polar surface area (TPSA) is 84.5 Å². The molecule has 0 radical (unpaired) electrons. The van der Waals surface area contributed by atoms with Crippen LogP contribution in [0.5, 0.6) is 5.75 Å². The first-order valence-corrected chi connectivity index (χ1v) is 11.6. The Morgan fingerprint density at radius 3 is 2.44 bits per heavy atom. The molecule has 2 N–H and O–H groups in total. The van der Waals surface area contributed by atoms with Gasteiger partial charge in [0.1, 0.15) is 22.5 Å². The number of nitrogens with one attached hydrogen (secondary N) is 2. The van der Waals surface area contributed by atoms with E-state index < -0.39 is 27.8 Å². The molecule has 0 aliphatic heterocycles. The average molecular weight is 497 g/mol. The molecular weight excluding hydrogens is 478 g/mol. The molecular formula is C22H19Cl2FN2O4S. The number of ether oxygens (including phenoxy) is 1. The van der Waals surface area contributed by atoms with Gasteiger partial charge in [-0.05, 0) is 48.4 Å². The summed E-state index contributed by atoms with van der Waals surface area (Å²) in [6, 6.07) is 15.5. The number of methoxy groups -OCH3 is 1. The zero-order valence-electron chi connectivity index (χ0n) is 16.8. The van der Waals surface area contributed by atoms with Gasteiger partial charge in [-0.25, -0.2) is 12.8 Å². The van der Waals surface area contributed by atoms with Gasteiger partial charge in [0.2, 0.25) is 15.9 Å². The molecule has 0 saturated carbocycles. The summed E-state index contributed by atoms with van der Waals surface area (Å²) < 4.78 is 47.2. The molecule has 0 fully saturated rings. The highest BCUT2D eigenvalue weighted by atomic mass is 35.5. The molecule has 0 aliphatic carbocycles. The maximum absolute atomic E-state index is 13.4. The molecule has 1 amide bonds. The first kappa shape index (κ1) is 24.0. The molecule has 0 spiro atoms. The molecule has 6 nitrogen and oxygen atoms in total. The van der Waals surface area contributed by atoms with E-state index in [4.69, 9.17) is 27.9 Å². The van der Waals surface area contributed by atoms with Gasteiger partial charge in [-0.2, -0.15) is 4.72 Å². The minimum Gasteiger partial charge on any atom is -0.495 e. The van der Waals surface area contributed by atoms with E-state index in [1.807, 2.05) is 0 Å². The van der Waals surface area contributed by atoms with Crippen molar-refractivity contribution in [3.05, 3.63) is 88.2 Å². The number of amides is 1. The zero-order valence-corrected chi connectivity index (χ0v) is 19.1. The fourth-order valence-corrected chi connectivity index (χ4v) is 4.76. The van der Waals surface area contributed by atoms with Gasteiger partial charge in [0, 0.05) is 10.7 Å². The first-order chi connectivity index (χ1) is 15.2. The highest BCUT2D eigenvalue weighted by Gasteiger charge is 2.28. The summed E-state index contributed by atoms with van der Waals surface area (Å²) >= 11 is 11.8. The molecule has 0 bridgehead atoms. The second kappa shape index (κ2) is 10.3. The van der Waals surface area contributed by atoms with Crippen LogP contribution in [0.3, 0.4) is 0 Å². The number of hydrogen-bond donors (Lipinski definition) is 2. The van der Waals surface area contributed by atoms with Gasteiger partial charge in [0.15, 0.2) is 0 Å². The van der Waals surface area contributed by atoms with Gasteiger partial charge >= 0.3 is 0 Å². The number of rotatable bonds is 8. The average Bonchev–Trinajstić information content (AvgIpc) is 2.76. The molecule has 0 saturated heterocycles. The summed E-state index contributed by atoms with van der Waals surface area (Å²) in [6.45, 7) is 0. The summed E-state index contributed by atoms with van der Waals surface area (Å²) in [4.78, 5) is 12.8. The van der Waals surface area contributed by atoms with Gasteiger partial charge in [0.05, 0.1) is 12.1 Å². The van der Waals surface area contributed by atoms with E-state index >= 15 is 0 Å². The van der Waals surface area contributed by atoms with Crippen LogP contribution in [0.1, 0.15) is 5.56 Å². The Bertz CT molecular complexity index is 1220. The predicted molar refractivity (Wildman–Crippen MR) is 122 cm³/mol. The largest absolute Gasteiger partial charge is 0.495 e. The molecule has 1 atom stereocenters. The number of halogens is 3. The maximum atomic E-state index is 13.4. The number of carbonyl (C=O) groups excluding carboxylic acids is 1. The van der Waals surface area contributed by atoms with Crippen LogP contribution in [0, 0.1) is 5.82 Å². The Kier molecular flexibility index (Phi) is 7.73. The minimum atomic E-state index is -4.20. The minimum absolute atomic E-state index is 0.0592. The Morgan fingerprint density at radius 1 is 1.06 bits per heavy atom. The summed E-state index contributed by atoms with van der Waals surface area (Å²) in [7, 11) is -2.88. The molecule has 0 aliphatic rings. The molecule has 0 heterocycles. The van der Waals surface area contributed by atoms with E-state index in [1.54, 1.807) is 30.3 Å². The maximum Gasteiger partial charge on any atom is 0.245 e. The molecule has 10 heteroatoms. The van der Waals surface area contributed by atoms with Crippen LogP contribution in [-0.4, -0.2) is 27.5 Å². The molecule has 1 unspecified atom stereocenters. The molecule has 3 aromatic carbocycles. The van der Waals surface area contributed by atoms with Gasteiger partial charge in [0.25, 0.3) is 0 Å². The summed E-state index contributed by atoms with van der Waals surface area (Å²) in [5.41, 5.74) is 0.949. The third-order valence-corrected chi connectivity index (χ3v) is 6.52. The van der Waals surface area contributed by atoms with E-state index in [2.05, 4.69) is 10.0 Å². The highest BCUT2D eigenvalue weighted by molar-refractivity contribution is 7.89. The van der Waals surface area contributed by atoms with Gasteiger partial charge in [-0.1, -0.05) is 53.5 Å². The second-order valence-corrected chi connectivity index (χ2v) is 9.30. The van der Waals surface area contributed by atoms with Crippen LogP contribution in [0.2, 0.25) is 10.0 Å². The molecule has 3 rings (SSSR count). The number of carbonyl (C=O) groups is 1. The lowest BCUT2D eigenvalue weighted by Gasteiger charge is -2.20. The van der Waals surface area contributed by atoms with E-state index in [0.717, 1.165) is 11.6 Å². The van der Waals surface area contributed by atoms with Crippen molar-refractivity contribution in [1.82, 2.24) is 4.72 Å². The standard InChI is InChI=1S/C22H19Cl2FN2O4S/c1-31-20-10-7-15(23)12-21(20)32(29,30)27-19(11-14-5-3-2-4-6-14)22(28)26-16-8-9-18(25)17(24)13-16/h2-10,12-13,19,27H,11H2,1H3,(H,26,28). The lowest BCUT2D eigenvalue weighted by Crippen LogP contribution is -2.45. The Hall–Kier alpha value is -2.65. The quantitative estimate of drug-likeness (QED) is 0.474. The van der Waals surface area contributed by atoms with Crippen molar-refractivity contribution < 1.29 is 22.3 Å². The fourth-order valence-electron chi connectivity index (χ4n) is 2.95. The van der Waals surface area contributed by atoms with Gasteiger partial charge < -0.3 is 10.1 Å². The second-order valence-electron chi connectivity index (χ2n) is 6.78. The van der Waals surface area contributed by atoms with Crippen LogP contribution >= 0.6 is 23.2 Å². The van der Waals surface area contributed by atoms with E-state index in [1.165, 1.54) is 37.4 Å². The molecule has 168 valence electrons. The highest BCUT2D eigenvalue weighted by Crippen LogP contribution is 2.27. The predicted octanol–water partition coefficient (Wildman–Crippen LogP) is 4.67. The smallest absolute Gasteiger partial charge is 0.245 e. The van der Waals surface area contributed by atoms with Crippen molar-refractivity contribution in [3.63, 3.8) is 0 Å². The number of anilines is 1. The normalized spacial score (nSPS) is 12.2. The van der Waals surface area contributed by atoms with Crippen molar-refractivity contribution >= 4 is 44.8 Å². The monoisotopic (exact) mass is 496 g/mol. The number of hydrogen-bond acceptors (Lipinski definition) is 4. The van der Waals surface area contributed by atoms with E-state index in [9.17, 15) is 17.6 Å². The molecule has 0 aromatic heterocycles. The van der Waals surface area contributed by atoms with Crippen LogP contribution in [0.25, 0.3) is 0 Å². The van der Waals surface area contributed by atoms with Crippen molar-refractivity contribution in [2.45, 2.75) is 17.4 Å². The Labute approximate surface area is 195 Å². The molecule has 32 heavy (non-hydrogen) atoms. The molecule has 3 aromatic rings. The Morgan fingerprint density at radius 2 is 1.78 bits per heavy atom. The van der Waals surface area contributed by atoms with Crippen molar-refractivity contribution in [1.29, 1.82) is 0 Å². The number of benzene rings is 3. The Balaban J connectivity index is 1.92. The first-order valence-electron chi connectivity index (χ1n) is 9.35. The van der Waals surface area contributed by atoms with Crippen LogP contribution in [-0.2, 0) is 21.2 Å². The van der Waals surface area contributed by atoms with Gasteiger partial charge in [-0.3, -0.25) is 4.79 Å². The summed E-state index contributed by atoms with van der Waals surface area (Å²) in [5.74, 6) is -1.22. The lowest BCUT2D eigenvalue weighted by molar-refractivity contribution is -0.117. The van der Waals surface area contributed by atoms with Crippen molar-refractivity contribution in [2.24, 2.45) is 0 Å². The SMILES string of the molecule is COc1ccc(Cl)cc1S(=O)(=O)NC(Cc1ccccc1)C(=O)Nc1ccc(F)c(Cl)c1. The lowest BCUT2D eigenvalue weighted by atomic mass is 10.1. The van der Waals surface area contributed by atoms with Crippen molar-refractivity contribution in [3.8, 4) is 5.75 Å². The fraction of sp³-hybridized carbons (Fsp3) is 0.136. The van der Waals surface area contributed by atoms with Gasteiger partial charge in [-0.15, -0.1) is 0 Å². The number of sulfonamides is 1. The zero-order chi connectivity index (χ0) is 23.3. The van der Waals surface area contributed by atoms with Crippen LogP contribution < -0.4 is 14.8 Å².